The van der Waals surface area contributed by atoms with Gasteiger partial charge in [-0.2, -0.15) is 0 Å². The van der Waals surface area contributed by atoms with Crippen molar-refractivity contribution < 1.29 is 33.7 Å². The van der Waals surface area contributed by atoms with Gasteiger partial charge < -0.3 is 24.6 Å². The van der Waals surface area contributed by atoms with Crippen molar-refractivity contribution in [3.8, 4) is 11.5 Å². The van der Waals surface area contributed by atoms with Gasteiger partial charge in [0, 0.05) is 26.9 Å². The van der Waals surface area contributed by atoms with Crippen LogP contribution < -0.4 is 14.8 Å². The molecule has 0 bridgehead atoms. The van der Waals surface area contributed by atoms with Crippen LogP contribution in [0.3, 0.4) is 0 Å². The lowest BCUT2D eigenvalue weighted by molar-refractivity contribution is -0.139. The van der Waals surface area contributed by atoms with Crippen molar-refractivity contribution in [3.05, 3.63) is 74.4 Å². The number of rotatable bonds is 7. The molecular weight excluding hydrogens is 506 g/mol. The molecule has 34 heavy (non-hydrogen) atoms. The molecule has 0 radical (unpaired) electrons. The summed E-state index contributed by atoms with van der Waals surface area (Å²) in [4.78, 5) is 37.5. The number of hydrogen-bond donors (Lipinski definition) is 2. The van der Waals surface area contributed by atoms with E-state index in [1.54, 1.807) is 38.1 Å². The maximum absolute atomic E-state index is 13.5. The fourth-order valence-electron chi connectivity index (χ4n) is 4.31. The molecule has 176 valence electrons. The molecule has 0 unspecified atom stereocenters. The van der Waals surface area contributed by atoms with Crippen LogP contribution in [-0.2, 0) is 14.3 Å². The SMILES string of the molecule is CCOc1cc([C@H]2C(C(=O)OC)=C(C)NC3=C2C(=O)c2ccccc23)c(Br)cc1OCC(=O)O. The zero-order valence-corrected chi connectivity index (χ0v) is 20.3. The van der Waals surface area contributed by atoms with Crippen LogP contribution in [0.15, 0.2) is 57.7 Å². The first-order valence-corrected chi connectivity index (χ1v) is 11.3. The van der Waals surface area contributed by atoms with E-state index in [0.29, 0.717) is 50.5 Å². The second-order valence-electron chi connectivity index (χ2n) is 7.69. The molecule has 1 aliphatic carbocycles. The molecule has 9 heteroatoms. The van der Waals surface area contributed by atoms with Crippen LogP contribution in [-0.4, -0.2) is 43.2 Å². The number of allylic oxidation sites excluding steroid dienone is 2. The zero-order valence-electron chi connectivity index (χ0n) is 18.7. The normalized spacial score (nSPS) is 16.6. The van der Waals surface area contributed by atoms with E-state index >= 15 is 0 Å². The Labute approximate surface area is 204 Å². The minimum Gasteiger partial charge on any atom is -0.490 e. The number of methoxy groups -OCH3 is 1. The smallest absolute Gasteiger partial charge is 0.341 e. The first-order chi connectivity index (χ1) is 16.3. The van der Waals surface area contributed by atoms with E-state index in [4.69, 9.17) is 19.3 Å². The van der Waals surface area contributed by atoms with Crippen LogP contribution in [0.4, 0.5) is 0 Å². The summed E-state index contributed by atoms with van der Waals surface area (Å²) in [5.41, 5.74) is 3.83. The predicted octanol–water partition coefficient (Wildman–Crippen LogP) is 4.05. The van der Waals surface area contributed by atoms with E-state index in [9.17, 15) is 14.4 Å². The molecule has 0 amide bonds. The Morgan fingerprint density at radius 3 is 2.44 bits per heavy atom. The number of ether oxygens (including phenoxy) is 3. The molecule has 0 saturated heterocycles. The zero-order chi connectivity index (χ0) is 24.6. The highest BCUT2D eigenvalue weighted by molar-refractivity contribution is 9.10. The van der Waals surface area contributed by atoms with Crippen molar-refractivity contribution in [2.75, 3.05) is 20.3 Å². The number of halogens is 1. The summed E-state index contributed by atoms with van der Waals surface area (Å²) in [5, 5.41) is 12.2. The number of aliphatic carboxylic acids is 1. The average molecular weight is 528 g/mol. The average Bonchev–Trinajstić information content (AvgIpc) is 3.09. The second-order valence-corrected chi connectivity index (χ2v) is 8.54. The van der Waals surface area contributed by atoms with E-state index in [1.807, 2.05) is 12.1 Å². The van der Waals surface area contributed by atoms with Crippen LogP contribution in [0.5, 0.6) is 11.5 Å². The first-order valence-electron chi connectivity index (χ1n) is 10.5. The van der Waals surface area contributed by atoms with Crippen molar-refractivity contribution in [2.24, 2.45) is 0 Å². The van der Waals surface area contributed by atoms with Crippen molar-refractivity contribution >= 4 is 39.3 Å². The topological polar surface area (TPSA) is 111 Å². The molecule has 0 saturated carbocycles. The van der Waals surface area contributed by atoms with Gasteiger partial charge in [-0.1, -0.05) is 40.2 Å². The van der Waals surface area contributed by atoms with Gasteiger partial charge in [-0.15, -0.1) is 0 Å². The Bertz CT molecular complexity index is 1280. The largest absolute Gasteiger partial charge is 0.490 e. The lowest BCUT2D eigenvalue weighted by Crippen LogP contribution is -2.29. The van der Waals surface area contributed by atoms with E-state index < -0.39 is 24.5 Å². The van der Waals surface area contributed by atoms with Gasteiger partial charge in [-0.05, 0) is 31.5 Å². The fourth-order valence-corrected chi connectivity index (χ4v) is 4.86. The molecule has 2 aliphatic rings. The highest BCUT2D eigenvalue weighted by Gasteiger charge is 2.43. The summed E-state index contributed by atoms with van der Waals surface area (Å²) < 4.78 is 16.7. The maximum Gasteiger partial charge on any atom is 0.341 e. The second kappa shape index (κ2) is 9.34. The molecule has 1 heterocycles. The molecule has 4 rings (SSSR count). The Morgan fingerprint density at radius 2 is 1.79 bits per heavy atom. The summed E-state index contributed by atoms with van der Waals surface area (Å²) in [6.45, 7) is 3.30. The Hall–Kier alpha value is -3.59. The highest BCUT2D eigenvalue weighted by Crippen LogP contribution is 2.50. The number of carboxylic acids is 1. The molecule has 2 N–H and O–H groups in total. The summed E-state index contributed by atoms with van der Waals surface area (Å²) in [7, 11) is 1.29. The quantitative estimate of drug-likeness (QED) is 0.518. The van der Waals surface area contributed by atoms with Gasteiger partial charge in [-0.25, -0.2) is 9.59 Å². The van der Waals surface area contributed by atoms with E-state index in [1.165, 1.54) is 7.11 Å². The number of benzene rings is 2. The van der Waals surface area contributed by atoms with Crippen LogP contribution in [0.1, 0.15) is 41.3 Å². The van der Waals surface area contributed by atoms with Crippen molar-refractivity contribution in [1.82, 2.24) is 5.32 Å². The van der Waals surface area contributed by atoms with Gasteiger partial charge in [0.05, 0.1) is 30.9 Å². The van der Waals surface area contributed by atoms with Gasteiger partial charge in [0.15, 0.2) is 23.9 Å². The lowest BCUT2D eigenvalue weighted by Gasteiger charge is -2.30. The fraction of sp³-hybridized carbons (Fsp3) is 0.240. The van der Waals surface area contributed by atoms with E-state index in [0.717, 1.165) is 5.56 Å². The molecule has 0 aromatic heterocycles. The third-order valence-corrected chi connectivity index (χ3v) is 6.37. The molecule has 2 aromatic carbocycles. The molecule has 1 atom stereocenters. The standard InChI is InChI=1S/C25H22BrNO7/c1-4-33-17-9-15(16(26)10-18(17)34-11-19(28)29)21-20(25(31)32-3)12(2)27-23-13-7-5-6-8-14(13)24(30)22(21)23/h5-10,21,27H,4,11H2,1-3H3,(H,28,29)/t21-/m0/s1. The number of dihydropyridines is 1. The van der Waals surface area contributed by atoms with Gasteiger partial charge in [-0.3, -0.25) is 4.79 Å². The summed E-state index contributed by atoms with van der Waals surface area (Å²) >= 11 is 3.53. The molecular formula is C25H22BrNO7. The number of Topliss-reactive ketones (excluding diaryl/α,β-unsaturated/α-hetero) is 1. The number of carboxylic acid groups (broad SMARTS) is 1. The Morgan fingerprint density at radius 1 is 1.12 bits per heavy atom. The third-order valence-electron chi connectivity index (χ3n) is 5.68. The van der Waals surface area contributed by atoms with Crippen molar-refractivity contribution in [3.63, 3.8) is 0 Å². The number of fused-ring (bicyclic) bond motifs is 2. The van der Waals surface area contributed by atoms with Gasteiger partial charge in [0.1, 0.15) is 0 Å². The summed E-state index contributed by atoms with van der Waals surface area (Å²) in [5.74, 6) is -2.12. The van der Waals surface area contributed by atoms with Crippen molar-refractivity contribution in [1.29, 1.82) is 0 Å². The maximum atomic E-state index is 13.5. The highest BCUT2D eigenvalue weighted by atomic mass is 79.9. The number of nitrogens with one attached hydrogen (secondary N) is 1. The Balaban J connectivity index is 1.93. The van der Waals surface area contributed by atoms with E-state index in [-0.39, 0.29) is 11.5 Å². The number of ketones is 1. The molecule has 2 aromatic rings. The van der Waals surface area contributed by atoms with E-state index in [2.05, 4.69) is 21.2 Å². The van der Waals surface area contributed by atoms with Crippen LogP contribution in [0.25, 0.3) is 5.70 Å². The minimum atomic E-state index is -1.13. The van der Waals surface area contributed by atoms with Gasteiger partial charge >= 0.3 is 11.9 Å². The number of carbonyl (C=O) groups is 3. The minimum absolute atomic E-state index is 0.187. The molecule has 1 aliphatic heterocycles. The first kappa shape index (κ1) is 23.6. The van der Waals surface area contributed by atoms with Crippen LogP contribution in [0.2, 0.25) is 0 Å². The number of carbonyl (C=O) groups excluding carboxylic acids is 2. The summed E-state index contributed by atoms with van der Waals surface area (Å²) in [6.07, 6.45) is 0. The van der Waals surface area contributed by atoms with Crippen LogP contribution >= 0.6 is 15.9 Å². The van der Waals surface area contributed by atoms with Gasteiger partial charge in [0.2, 0.25) is 0 Å². The molecule has 0 spiro atoms. The van der Waals surface area contributed by atoms with Crippen molar-refractivity contribution in [2.45, 2.75) is 19.8 Å². The Kier molecular flexibility index (Phi) is 6.47. The number of hydrogen-bond acceptors (Lipinski definition) is 7. The molecule has 0 fully saturated rings. The third kappa shape index (κ3) is 3.96. The predicted molar refractivity (Wildman–Crippen MR) is 127 cm³/mol. The lowest BCUT2D eigenvalue weighted by atomic mass is 9.79. The molecule has 8 nitrogen and oxygen atoms in total. The summed E-state index contributed by atoms with van der Waals surface area (Å²) in [6, 6.07) is 10.5. The number of esters is 1. The van der Waals surface area contributed by atoms with Gasteiger partial charge in [0.25, 0.3) is 0 Å². The monoisotopic (exact) mass is 527 g/mol. The van der Waals surface area contributed by atoms with Crippen LogP contribution in [0, 0.1) is 0 Å².